The highest BCUT2D eigenvalue weighted by Gasteiger charge is 2.31. The number of hydrogen-bond acceptors (Lipinski definition) is 4. The molecule has 0 radical (unpaired) electrons. The van der Waals surface area contributed by atoms with Gasteiger partial charge in [-0.15, -0.1) is 24.5 Å². The number of rotatable bonds is 6. The minimum atomic E-state index is -4.75. The molecule has 0 bridgehead atoms. The summed E-state index contributed by atoms with van der Waals surface area (Å²) in [4.78, 5) is 16.0. The fraction of sp³-hybridized carbons (Fsp3) is 0.421. The van der Waals surface area contributed by atoms with E-state index in [9.17, 15) is 18.0 Å². The van der Waals surface area contributed by atoms with E-state index in [1.165, 1.54) is 29.1 Å². The molecule has 2 heterocycles. The summed E-state index contributed by atoms with van der Waals surface area (Å²) < 4.78 is 46.2. The van der Waals surface area contributed by atoms with E-state index in [1.54, 1.807) is 11.3 Å². The lowest BCUT2D eigenvalue weighted by atomic mass is 10.0. The van der Waals surface area contributed by atoms with Gasteiger partial charge in [-0.25, -0.2) is 0 Å². The molecule has 1 aliphatic rings. The van der Waals surface area contributed by atoms with E-state index >= 15 is 0 Å². The second kappa shape index (κ2) is 8.75. The van der Waals surface area contributed by atoms with Crippen molar-refractivity contribution in [2.24, 2.45) is 0 Å². The Kier molecular flexibility index (Phi) is 6.38. The molecule has 0 saturated carbocycles. The molecule has 146 valence electrons. The van der Waals surface area contributed by atoms with Gasteiger partial charge in [-0.1, -0.05) is 6.07 Å². The van der Waals surface area contributed by atoms with E-state index < -0.39 is 6.36 Å². The van der Waals surface area contributed by atoms with Crippen LogP contribution in [0.5, 0.6) is 5.75 Å². The van der Waals surface area contributed by atoms with Crippen LogP contribution in [-0.2, 0) is 11.2 Å². The van der Waals surface area contributed by atoms with Crippen molar-refractivity contribution in [1.29, 1.82) is 0 Å². The van der Waals surface area contributed by atoms with Crippen LogP contribution in [0.2, 0.25) is 0 Å². The highest BCUT2D eigenvalue weighted by Crippen LogP contribution is 2.24. The highest BCUT2D eigenvalue weighted by atomic mass is 32.1. The number of thiophene rings is 1. The van der Waals surface area contributed by atoms with Crippen molar-refractivity contribution in [3.63, 3.8) is 0 Å². The molecular formula is C19H20F3NO3S. The largest absolute Gasteiger partial charge is 0.573 e. The average Bonchev–Trinajstić information content (AvgIpc) is 3.15. The van der Waals surface area contributed by atoms with Gasteiger partial charge in [-0.3, -0.25) is 4.79 Å². The van der Waals surface area contributed by atoms with Gasteiger partial charge in [0.1, 0.15) is 5.75 Å². The quantitative estimate of drug-likeness (QED) is 0.717. The van der Waals surface area contributed by atoms with Crippen LogP contribution in [0.4, 0.5) is 13.2 Å². The first kappa shape index (κ1) is 19.7. The van der Waals surface area contributed by atoms with Crippen molar-refractivity contribution in [2.75, 3.05) is 19.8 Å². The van der Waals surface area contributed by atoms with Gasteiger partial charge >= 0.3 is 6.36 Å². The van der Waals surface area contributed by atoms with Gasteiger partial charge < -0.3 is 14.4 Å². The standard InChI is InChI=1S/C19H20F3NO3S/c20-19(21,22)26-16-5-3-14(4-6-16)18(24)23(15-8-11-25-12-9-15)10-7-17-2-1-13-27-17/h1-6,13,15H,7-12H2. The first-order chi connectivity index (χ1) is 12.9. The number of carbonyl (C=O) groups excluding carboxylic acids is 1. The van der Waals surface area contributed by atoms with Crippen LogP contribution < -0.4 is 4.74 Å². The van der Waals surface area contributed by atoms with Crippen molar-refractivity contribution in [3.8, 4) is 5.75 Å². The lowest BCUT2D eigenvalue weighted by Gasteiger charge is -2.34. The van der Waals surface area contributed by atoms with E-state index in [0.717, 1.165) is 19.3 Å². The third kappa shape index (κ3) is 5.71. The predicted octanol–water partition coefficient (Wildman–Crippen LogP) is 4.51. The molecule has 1 aromatic carbocycles. The number of alkyl halides is 3. The normalized spacial score (nSPS) is 15.5. The molecule has 3 rings (SSSR count). The zero-order chi connectivity index (χ0) is 19.3. The summed E-state index contributed by atoms with van der Waals surface area (Å²) in [6.07, 6.45) is -2.49. The van der Waals surface area contributed by atoms with E-state index in [-0.39, 0.29) is 17.7 Å². The molecule has 4 nitrogen and oxygen atoms in total. The molecule has 0 N–H and O–H groups in total. The zero-order valence-corrected chi connectivity index (χ0v) is 15.4. The van der Waals surface area contributed by atoms with Gasteiger partial charge in [0.05, 0.1) is 0 Å². The van der Waals surface area contributed by atoms with E-state index in [4.69, 9.17) is 4.74 Å². The first-order valence-electron chi connectivity index (χ1n) is 8.69. The van der Waals surface area contributed by atoms with Gasteiger partial charge in [0, 0.05) is 36.2 Å². The molecule has 0 aliphatic carbocycles. The minimum absolute atomic E-state index is 0.0670. The molecule has 1 amide bonds. The van der Waals surface area contributed by atoms with E-state index in [1.807, 2.05) is 22.4 Å². The second-order valence-electron chi connectivity index (χ2n) is 6.24. The maximum atomic E-state index is 13.0. The molecule has 1 aromatic heterocycles. The number of amides is 1. The van der Waals surface area contributed by atoms with Crippen molar-refractivity contribution >= 4 is 17.2 Å². The molecular weight excluding hydrogens is 379 g/mol. The topological polar surface area (TPSA) is 38.8 Å². The lowest BCUT2D eigenvalue weighted by molar-refractivity contribution is -0.274. The lowest BCUT2D eigenvalue weighted by Crippen LogP contribution is -2.44. The Bertz CT molecular complexity index is 726. The Hall–Kier alpha value is -2.06. The molecule has 2 aromatic rings. The minimum Gasteiger partial charge on any atom is -0.406 e. The van der Waals surface area contributed by atoms with Crippen molar-refractivity contribution < 1.29 is 27.4 Å². The summed E-state index contributed by atoms with van der Waals surface area (Å²) in [7, 11) is 0. The summed E-state index contributed by atoms with van der Waals surface area (Å²) in [5.74, 6) is -0.521. The first-order valence-corrected chi connectivity index (χ1v) is 9.57. The number of hydrogen-bond donors (Lipinski definition) is 0. The van der Waals surface area contributed by atoms with Crippen LogP contribution in [-0.4, -0.2) is 43.0 Å². The summed E-state index contributed by atoms with van der Waals surface area (Å²) in [6, 6.07) is 9.16. The molecule has 0 atom stereocenters. The molecule has 0 unspecified atom stereocenters. The number of carbonyl (C=O) groups is 1. The monoisotopic (exact) mass is 399 g/mol. The van der Waals surface area contributed by atoms with E-state index in [2.05, 4.69) is 4.74 Å². The maximum Gasteiger partial charge on any atom is 0.573 e. The SMILES string of the molecule is O=C(c1ccc(OC(F)(F)F)cc1)N(CCc1cccs1)C1CCOCC1. The number of nitrogens with zero attached hydrogens (tertiary/aromatic N) is 1. The van der Waals surface area contributed by atoms with Crippen molar-refractivity contribution in [3.05, 3.63) is 52.2 Å². The number of ether oxygens (including phenoxy) is 2. The van der Waals surface area contributed by atoms with Crippen LogP contribution in [0.25, 0.3) is 0 Å². The van der Waals surface area contributed by atoms with Crippen molar-refractivity contribution in [2.45, 2.75) is 31.7 Å². The number of benzene rings is 1. The molecule has 1 aliphatic heterocycles. The fourth-order valence-electron chi connectivity index (χ4n) is 3.10. The zero-order valence-electron chi connectivity index (χ0n) is 14.6. The predicted molar refractivity (Wildman–Crippen MR) is 96.0 cm³/mol. The second-order valence-corrected chi connectivity index (χ2v) is 7.28. The molecule has 1 saturated heterocycles. The Labute approximate surface area is 159 Å². The Morgan fingerprint density at radius 3 is 2.48 bits per heavy atom. The summed E-state index contributed by atoms with van der Waals surface area (Å²) in [5, 5.41) is 2.00. The Morgan fingerprint density at radius 2 is 1.89 bits per heavy atom. The summed E-state index contributed by atoms with van der Waals surface area (Å²) in [6.45, 7) is 1.77. The van der Waals surface area contributed by atoms with Gasteiger partial charge in [-0.05, 0) is 55.0 Å². The van der Waals surface area contributed by atoms with Crippen LogP contribution in [0.1, 0.15) is 28.1 Å². The van der Waals surface area contributed by atoms with Gasteiger partial charge in [0.15, 0.2) is 0 Å². The maximum absolute atomic E-state index is 13.0. The van der Waals surface area contributed by atoms with Gasteiger partial charge in [0.25, 0.3) is 5.91 Å². The third-order valence-corrected chi connectivity index (χ3v) is 5.34. The highest BCUT2D eigenvalue weighted by molar-refractivity contribution is 7.09. The Balaban J connectivity index is 1.72. The molecule has 8 heteroatoms. The van der Waals surface area contributed by atoms with Crippen LogP contribution in [0, 0.1) is 0 Å². The summed E-state index contributed by atoms with van der Waals surface area (Å²) >= 11 is 1.64. The number of halogens is 3. The van der Waals surface area contributed by atoms with Gasteiger partial charge in [0.2, 0.25) is 0 Å². The van der Waals surface area contributed by atoms with Crippen molar-refractivity contribution in [1.82, 2.24) is 4.90 Å². The molecule has 27 heavy (non-hydrogen) atoms. The molecule has 1 fully saturated rings. The smallest absolute Gasteiger partial charge is 0.406 e. The molecule has 0 spiro atoms. The van der Waals surface area contributed by atoms with Gasteiger partial charge in [-0.2, -0.15) is 0 Å². The van der Waals surface area contributed by atoms with Crippen LogP contribution in [0.3, 0.4) is 0 Å². The Morgan fingerprint density at radius 1 is 1.19 bits per heavy atom. The average molecular weight is 399 g/mol. The van der Waals surface area contributed by atoms with Crippen LogP contribution in [0.15, 0.2) is 41.8 Å². The third-order valence-electron chi connectivity index (χ3n) is 4.41. The summed E-state index contributed by atoms with van der Waals surface area (Å²) in [5.41, 5.74) is 0.349. The van der Waals surface area contributed by atoms with E-state index in [0.29, 0.717) is 25.3 Å². The van der Waals surface area contributed by atoms with Crippen LogP contribution >= 0.6 is 11.3 Å². The fourth-order valence-corrected chi connectivity index (χ4v) is 3.80.